The van der Waals surface area contributed by atoms with Gasteiger partial charge in [-0.15, -0.1) is 0 Å². The van der Waals surface area contributed by atoms with Crippen LogP contribution >= 0.6 is 0 Å². The van der Waals surface area contributed by atoms with Gasteiger partial charge in [-0.05, 0) is 32.4 Å². The summed E-state index contributed by atoms with van der Waals surface area (Å²) in [4.78, 5) is 0. The van der Waals surface area contributed by atoms with Gasteiger partial charge in [0, 0.05) is 0 Å². The highest BCUT2D eigenvalue weighted by Gasteiger charge is 1.90. The zero-order valence-corrected chi connectivity index (χ0v) is 7.77. The van der Waals surface area contributed by atoms with Crippen molar-refractivity contribution in [1.29, 1.82) is 0 Å². The van der Waals surface area contributed by atoms with Crippen LogP contribution in [0.1, 0.15) is 20.8 Å². The molecule has 62 valence electrons. The number of hydrogen-bond acceptors (Lipinski definition) is 1. The summed E-state index contributed by atoms with van der Waals surface area (Å²) < 4.78 is 5.01. The van der Waals surface area contributed by atoms with Crippen molar-refractivity contribution in [3.63, 3.8) is 0 Å². The molecule has 0 rings (SSSR count). The number of allylic oxidation sites excluding steroid dienone is 5. The largest absolute Gasteiger partial charge is 0.501 e. The summed E-state index contributed by atoms with van der Waals surface area (Å²) >= 11 is 0. The molecule has 0 N–H and O–H groups in total. The van der Waals surface area contributed by atoms with Gasteiger partial charge in [0.1, 0.15) is 0 Å². The smallest absolute Gasteiger partial charge is 0.0930 e. The van der Waals surface area contributed by atoms with Crippen molar-refractivity contribution in [2.24, 2.45) is 0 Å². The Balaban J connectivity index is 4.57. The van der Waals surface area contributed by atoms with Crippen LogP contribution in [0.25, 0.3) is 0 Å². The Labute approximate surface area is 69.1 Å². The van der Waals surface area contributed by atoms with Crippen molar-refractivity contribution < 1.29 is 4.74 Å². The van der Waals surface area contributed by atoms with Crippen LogP contribution in [-0.4, -0.2) is 7.11 Å². The van der Waals surface area contributed by atoms with Crippen LogP contribution in [0.3, 0.4) is 0 Å². The van der Waals surface area contributed by atoms with Crippen molar-refractivity contribution in [3.8, 4) is 0 Å². The highest BCUT2D eigenvalue weighted by molar-refractivity contribution is 5.33. The average Bonchev–Trinajstić information content (AvgIpc) is 1.99. The van der Waals surface area contributed by atoms with Gasteiger partial charge < -0.3 is 4.74 Å². The minimum Gasteiger partial charge on any atom is -0.501 e. The van der Waals surface area contributed by atoms with E-state index >= 15 is 0 Å². The normalized spacial score (nSPS) is 10.7. The maximum absolute atomic E-state index is 5.01. The molecule has 0 fully saturated rings. The maximum atomic E-state index is 5.01. The minimum absolute atomic E-state index is 0.904. The Kier molecular flexibility index (Phi) is 4.35. The molecule has 1 heteroatoms. The van der Waals surface area contributed by atoms with E-state index in [1.54, 1.807) is 7.11 Å². The summed E-state index contributed by atoms with van der Waals surface area (Å²) in [6.07, 6.45) is 3.81. The first kappa shape index (κ1) is 10.0. The van der Waals surface area contributed by atoms with E-state index in [1.807, 2.05) is 19.1 Å². The Morgan fingerprint density at radius 3 is 2.09 bits per heavy atom. The monoisotopic (exact) mass is 152 g/mol. The van der Waals surface area contributed by atoms with E-state index in [4.69, 9.17) is 4.74 Å². The lowest BCUT2D eigenvalue weighted by Crippen LogP contribution is -1.82. The average molecular weight is 152 g/mol. The quantitative estimate of drug-likeness (QED) is 0.446. The van der Waals surface area contributed by atoms with Crippen molar-refractivity contribution >= 4 is 0 Å². The maximum Gasteiger partial charge on any atom is 0.0930 e. The van der Waals surface area contributed by atoms with Crippen LogP contribution in [0, 0.1) is 0 Å². The van der Waals surface area contributed by atoms with E-state index in [-0.39, 0.29) is 0 Å². The van der Waals surface area contributed by atoms with Crippen molar-refractivity contribution in [2.75, 3.05) is 7.11 Å². The van der Waals surface area contributed by atoms with Crippen molar-refractivity contribution in [1.82, 2.24) is 0 Å². The lowest BCUT2D eigenvalue weighted by molar-refractivity contribution is 0.293. The molecule has 1 nitrogen and oxygen atoms in total. The van der Waals surface area contributed by atoms with Crippen LogP contribution in [0.5, 0.6) is 0 Å². The van der Waals surface area contributed by atoms with E-state index in [1.165, 1.54) is 5.57 Å². The summed E-state index contributed by atoms with van der Waals surface area (Å²) in [6.45, 7) is 9.74. The van der Waals surface area contributed by atoms with E-state index in [2.05, 4.69) is 20.4 Å². The Morgan fingerprint density at radius 2 is 1.82 bits per heavy atom. The minimum atomic E-state index is 0.904. The molecule has 0 aliphatic carbocycles. The van der Waals surface area contributed by atoms with Gasteiger partial charge >= 0.3 is 0 Å². The second-order valence-electron chi connectivity index (χ2n) is 2.62. The lowest BCUT2D eigenvalue weighted by atomic mass is 10.1. The molecule has 0 aromatic carbocycles. The summed E-state index contributed by atoms with van der Waals surface area (Å²) in [6, 6.07) is 0. The van der Waals surface area contributed by atoms with Crippen LogP contribution < -0.4 is 0 Å². The van der Waals surface area contributed by atoms with Gasteiger partial charge in [-0.3, -0.25) is 0 Å². The van der Waals surface area contributed by atoms with E-state index in [0.29, 0.717) is 0 Å². The molecule has 0 aliphatic heterocycles. The SMILES string of the molecule is C=CC(/C=C(\C)OC)=C(C)C. The third kappa shape index (κ3) is 3.66. The van der Waals surface area contributed by atoms with Crippen LogP contribution in [-0.2, 0) is 4.74 Å². The summed E-state index contributed by atoms with van der Waals surface area (Å²) in [7, 11) is 1.66. The molecule has 0 aromatic heterocycles. The van der Waals surface area contributed by atoms with Gasteiger partial charge in [0.25, 0.3) is 0 Å². The number of methoxy groups -OCH3 is 1. The molecule has 0 heterocycles. The highest BCUT2D eigenvalue weighted by atomic mass is 16.5. The number of ether oxygens (including phenoxy) is 1. The molecule has 0 spiro atoms. The first-order valence-corrected chi connectivity index (χ1v) is 3.64. The number of rotatable bonds is 3. The zero-order valence-electron chi connectivity index (χ0n) is 7.77. The predicted octanol–water partition coefficient (Wildman–Crippen LogP) is 3.06. The highest BCUT2D eigenvalue weighted by Crippen LogP contribution is 2.08. The zero-order chi connectivity index (χ0) is 8.85. The lowest BCUT2D eigenvalue weighted by Gasteiger charge is -2.01. The summed E-state index contributed by atoms with van der Waals surface area (Å²) in [5.41, 5.74) is 2.38. The van der Waals surface area contributed by atoms with Gasteiger partial charge in [0.05, 0.1) is 12.9 Å². The molecule has 0 saturated carbocycles. The van der Waals surface area contributed by atoms with Crippen LogP contribution in [0.15, 0.2) is 35.6 Å². The van der Waals surface area contributed by atoms with Gasteiger partial charge in [-0.25, -0.2) is 0 Å². The molecule has 0 unspecified atom stereocenters. The molecule has 11 heavy (non-hydrogen) atoms. The molecule has 0 atom stereocenters. The third-order valence-electron chi connectivity index (χ3n) is 1.48. The molecule has 0 aliphatic rings. The fraction of sp³-hybridized carbons (Fsp3) is 0.400. The van der Waals surface area contributed by atoms with Gasteiger partial charge in [-0.2, -0.15) is 0 Å². The van der Waals surface area contributed by atoms with Gasteiger partial charge in [-0.1, -0.05) is 18.2 Å². The molecular formula is C10H16O. The topological polar surface area (TPSA) is 9.23 Å². The molecule has 0 radical (unpaired) electrons. The van der Waals surface area contributed by atoms with E-state index < -0.39 is 0 Å². The van der Waals surface area contributed by atoms with Crippen LogP contribution in [0.2, 0.25) is 0 Å². The molecular weight excluding hydrogens is 136 g/mol. The van der Waals surface area contributed by atoms with E-state index in [9.17, 15) is 0 Å². The fourth-order valence-corrected chi connectivity index (χ4v) is 0.685. The second kappa shape index (κ2) is 4.78. The Morgan fingerprint density at radius 1 is 1.27 bits per heavy atom. The molecule has 0 amide bonds. The second-order valence-corrected chi connectivity index (χ2v) is 2.62. The molecule has 0 aromatic rings. The Bertz CT molecular complexity index is 193. The first-order chi connectivity index (χ1) is 5.11. The standard InChI is InChI=1S/C10H16O/c1-6-10(8(2)3)7-9(4)11-5/h6-7H,1H2,2-5H3/b9-7+. The summed E-state index contributed by atoms with van der Waals surface area (Å²) in [5, 5.41) is 0. The van der Waals surface area contributed by atoms with Crippen LogP contribution in [0.4, 0.5) is 0 Å². The van der Waals surface area contributed by atoms with Crippen molar-refractivity contribution in [3.05, 3.63) is 35.6 Å². The number of hydrogen-bond donors (Lipinski definition) is 0. The fourth-order valence-electron chi connectivity index (χ4n) is 0.685. The van der Waals surface area contributed by atoms with E-state index in [0.717, 1.165) is 11.3 Å². The third-order valence-corrected chi connectivity index (χ3v) is 1.48. The summed E-state index contributed by atoms with van der Waals surface area (Å²) in [5.74, 6) is 0.904. The molecule has 0 bridgehead atoms. The van der Waals surface area contributed by atoms with Gasteiger partial charge in [0.2, 0.25) is 0 Å². The predicted molar refractivity (Wildman–Crippen MR) is 49.3 cm³/mol. The van der Waals surface area contributed by atoms with Crippen molar-refractivity contribution in [2.45, 2.75) is 20.8 Å². The Hall–Kier alpha value is -0.980. The first-order valence-electron chi connectivity index (χ1n) is 3.64. The van der Waals surface area contributed by atoms with Gasteiger partial charge in [0.15, 0.2) is 0 Å². The molecule has 0 saturated heterocycles.